The zero-order valence-corrected chi connectivity index (χ0v) is 15.4. The first-order valence-corrected chi connectivity index (χ1v) is 9.20. The SMILES string of the molecule is Cc1nn(C)c(C)c1C(=O)NC1(C(=O)NCC(N)C2CC2)CCCC1. The lowest BCUT2D eigenvalue weighted by molar-refractivity contribution is -0.127. The van der Waals surface area contributed by atoms with Crippen molar-refractivity contribution in [2.45, 2.75) is 64.0 Å². The van der Waals surface area contributed by atoms with Crippen molar-refractivity contribution in [2.24, 2.45) is 18.7 Å². The number of aryl methyl sites for hydroxylation is 2. The molecule has 1 unspecified atom stereocenters. The minimum absolute atomic E-state index is 0.0147. The van der Waals surface area contributed by atoms with Gasteiger partial charge in [-0.25, -0.2) is 0 Å². The number of rotatable bonds is 6. The molecule has 3 rings (SSSR count). The molecule has 2 fully saturated rings. The summed E-state index contributed by atoms with van der Waals surface area (Å²) in [6, 6.07) is 0.0147. The smallest absolute Gasteiger partial charge is 0.255 e. The van der Waals surface area contributed by atoms with Crippen LogP contribution in [0.2, 0.25) is 0 Å². The number of carbonyl (C=O) groups excluding carboxylic acids is 2. The summed E-state index contributed by atoms with van der Waals surface area (Å²) in [4.78, 5) is 25.7. The molecule has 0 spiro atoms. The highest BCUT2D eigenvalue weighted by Crippen LogP contribution is 2.32. The second-order valence-electron chi connectivity index (χ2n) is 7.62. The van der Waals surface area contributed by atoms with Crippen LogP contribution in [0.5, 0.6) is 0 Å². The molecule has 0 saturated heterocycles. The molecular weight excluding hydrogens is 318 g/mol. The first-order valence-electron chi connectivity index (χ1n) is 9.20. The number of carbonyl (C=O) groups is 2. The van der Waals surface area contributed by atoms with Gasteiger partial charge >= 0.3 is 0 Å². The monoisotopic (exact) mass is 347 g/mol. The lowest BCUT2D eigenvalue weighted by Gasteiger charge is -2.29. The standard InChI is InChI=1S/C18H29N5O2/c1-11-15(12(2)23(3)22-11)16(24)21-18(8-4-5-9-18)17(25)20-10-14(19)13-6-7-13/h13-14H,4-10,19H2,1-3H3,(H,20,25)(H,21,24). The van der Waals surface area contributed by atoms with Crippen molar-refractivity contribution in [2.75, 3.05) is 6.54 Å². The second-order valence-corrected chi connectivity index (χ2v) is 7.62. The molecule has 0 aliphatic heterocycles. The molecule has 0 bridgehead atoms. The van der Waals surface area contributed by atoms with Crippen molar-refractivity contribution in [3.05, 3.63) is 17.0 Å². The van der Waals surface area contributed by atoms with Crippen LogP contribution in [0.15, 0.2) is 0 Å². The van der Waals surface area contributed by atoms with E-state index in [2.05, 4.69) is 15.7 Å². The van der Waals surface area contributed by atoms with Gasteiger partial charge in [-0.2, -0.15) is 5.10 Å². The molecular formula is C18H29N5O2. The fourth-order valence-corrected chi connectivity index (χ4v) is 3.84. The molecule has 7 heteroatoms. The summed E-state index contributed by atoms with van der Waals surface area (Å²) < 4.78 is 1.69. The van der Waals surface area contributed by atoms with Gasteiger partial charge in [-0.1, -0.05) is 12.8 Å². The van der Waals surface area contributed by atoms with Crippen LogP contribution in [-0.2, 0) is 11.8 Å². The summed E-state index contributed by atoms with van der Waals surface area (Å²) in [7, 11) is 1.82. The van der Waals surface area contributed by atoms with E-state index in [1.54, 1.807) is 4.68 Å². The van der Waals surface area contributed by atoms with E-state index >= 15 is 0 Å². The van der Waals surface area contributed by atoms with E-state index in [4.69, 9.17) is 5.73 Å². The molecule has 0 radical (unpaired) electrons. The van der Waals surface area contributed by atoms with Gasteiger partial charge in [0.2, 0.25) is 5.91 Å². The molecule has 4 N–H and O–H groups in total. The number of nitrogens with zero attached hydrogens (tertiary/aromatic N) is 2. The van der Waals surface area contributed by atoms with Crippen LogP contribution in [0, 0.1) is 19.8 Å². The number of aromatic nitrogens is 2. The summed E-state index contributed by atoms with van der Waals surface area (Å²) >= 11 is 0. The first-order chi connectivity index (χ1) is 11.8. The van der Waals surface area contributed by atoms with Crippen molar-refractivity contribution in [1.82, 2.24) is 20.4 Å². The second kappa shape index (κ2) is 6.78. The van der Waals surface area contributed by atoms with Crippen molar-refractivity contribution >= 4 is 11.8 Å². The fourth-order valence-electron chi connectivity index (χ4n) is 3.84. The van der Waals surface area contributed by atoms with Gasteiger partial charge in [-0.3, -0.25) is 14.3 Å². The highest BCUT2D eigenvalue weighted by atomic mass is 16.2. The molecule has 2 saturated carbocycles. The molecule has 0 aromatic carbocycles. The number of amides is 2. The maximum absolute atomic E-state index is 12.9. The molecule has 1 aromatic heterocycles. The fraction of sp³-hybridized carbons (Fsp3) is 0.722. The van der Waals surface area contributed by atoms with Gasteiger partial charge in [0, 0.05) is 25.3 Å². The highest BCUT2D eigenvalue weighted by molar-refractivity contribution is 6.00. The summed E-state index contributed by atoms with van der Waals surface area (Å²) in [6.45, 7) is 4.16. The quantitative estimate of drug-likeness (QED) is 0.712. The maximum Gasteiger partial charge on any atom is 0.255 e. The molecule has 1 aromatic rings. The van der Waals surface area contributed by atoms with Crippen molar-refractivity contribution < 1.29 is 9.59 Å². The Hall–Kier alpha value is -1.89. The van der Waals surface area contributed by atoms with E-state index in [1.165, 1.54) is 0 Å². The summed E-state index contributed by atoms with van der Waals surface area (Å²) in [5.74, 6) is 0.218. The number of hydrogen-bond acceptors (Lipinski definition) is 4. The van der Waals surface area contributed by atoms with Crippen LogP contribution in [0.4, 0.5) is 0 Å². The number of hydrogen-bond donors (Lipinski definition) is 3. The van der Waals surface area contributed by atoms with Gasteiger partial charge in [0.1, 0.15) is 5.54 Å². The van der Waals surface area contributed by atoms with Gasteiger partial charge in [0.05, 0.1) is 11.3 Å². The summed E-state index contributed by atoms with van der Waals surface area (Å²) in [5.41, 5.74) is 7.32. The Morgan fingerprint density at radius 3 is 2.48 bits per heavy atom. The Morgan fingerprint density at radius 2 is 1.96 bits per heavy atom. The first kappa shape index (κ1) is 17.9. The predicted molar refractivity (Wildman–Crippen MR) is 95.1 cm³/mol. The van der Waals surface area contributed by atoms with Crippen LogP contribution in [0.1, 0.15) is 60.3 Å². The van der Waals surface area contributed by atoms with Gasteiger partial charge in [-0.05, 0) is 45.4 Å². The van der Waals surface area contributed by atoms with Crippen LogP contribution >= 0.6 is 0 Å². The third-order valence-corrected chi connectivity index (χ3v) is 5.71. The van der Waals surface area contributed by atoms with Crippen molar-refractivity contribution in [1.29, 1.82) is 0 Å². The lowest BCUT2D eigenvalue weighted by atomic mass is 9.95. The van der Waals surface area contributed by atoms with Gasteiger partial charge in [0.25, 0.3) is 5.91 Å². The molecule has 2 aliphatic rings. The molecule has 25 heavy (non-hydrogen) atoms. The molecule has 7 nitrogen and oxygen atoms in total. The van der Waals surface area contributed by atoms with Crippen LogP contribution in [-0.4, -0.2) is 39.7 Å². The minimum Gasteiger partial charge on any atom is -0.352 e. The molecule has 2 aliphatic carbocycles. The van der Waals surface area contributed by atoms with E-state index in [9.17, 15) is 9.59 Å². The number of nitrogens with one attached hydrogen (secondary N) is 2. The largest absolute Gasteiger partial charge is 0.352 e. The van der Waals surface area contributed by atoms with E-state index in [0.717, 1.165) is 31.4 Å². The summed E-state index contributed by atoms with van der Waals surface area (Å²) in [6.07, 6.45) is 5.51. The molecule has 1 atom stereocenters. The third-order valence-electron chi connectivity index (χ3n) is 5.71. The Balaban J connectivity index is 1.71. The van der Waals surface area contributed by atoms with E-state index < -0.39 is 5.54 Å². The van der Waals surface area contributed by atoms with Crippen LogP contribution in [0.25, 0.3) is 0 Å². The highest BCUT2D eigenvalue weighted by Gasteiger charge is 2.43. The van der Waals surface area contributed by atoms with E-state index in [1.807, 2.05) is 20.9 Å². The van der Waals surface area contributed by atoms with E-state index in [-0.39, 0.29) is 17.9 Å². The Morgan fingerprint density at radius 1 is 1.32 bits per heavy atom. The molecule has 2 amide bonds. The van der Waals surface area contributed by atoms with Crippen molar-refractivity contribution in [3.63, 3.8) is 0 Å². The topological polar surface area (TPSA) is 102 Å². The Bertz CT molecular complexity index is 671. The van der Waals surface area contributed by atoms with Gasteiger partial charge in [0.15, 0.2) is 0 Å². The number of nitrogens with two attached hydrogens (primary N) is 1. The van der Waals surface area contributed by atoms with Gasteiger partial charge in [-0.15, -0.1) is 0 Å². The maximum atomic E-state index is 12.9. The lowest BCUT2D eigenvalue weighted by Crippen LogP contribution is -2.58. The average Bonchev–Trinajstić information content (AvgIpc) is 3.25. The predicted octanol–water partition coefficient (Wildman–Crippen LogP) is 0.933. The zero-order chi connectivity index (χ0) is 18.2. The average molecular weight is 347 g/mol. The van der Waals surface area contributed by atoms with Gasteiger partial charge < -0.3 is 16.4 Å². The van der Waals surface area contributed by atoms with E-state index in [0.29, 0.717) is 36.6 Å². The van der Waals surface area contributed by atoms with Crippen LogP contribution in [0.3, 0.4) is 0 Å². The Kier molecular flexibility index (Phi) is 4.86. The molecule has 1 heterocycles. The Labute approximate surface area is 148 Å². The minimum atomic E-state index is -0.824. The third kappa shape index (κ3) is 3.56. The summed E-state index contributed by atoms with van der Waals surface area (Å²) in [5, 5.41) is 10.3. The normalized spacial score (nSPS) is 20.3. The van der Waals surface area contributed by atoms with Crippen molar-refractivity contribution in [3.8, 4) is 0 Å². The molecule has 138 valence electrons. The van der Waals surface area contributed by atoms with Crippen LogP contribution < -0.4 is 16.4 Å². The zero-order valence-electron chi connectivity index (χ0n) is 15.4.